The third-order valence-electron chi connectivity index (χ3n) is 4.57. The van der Waals surface area contributed by atoms with Gasteiger partial charge in [-0.3, -0.25) is 9.48 Å². The van der Waals surface area contributed by atoms with E-state index in [0.717, 1.165) is 31.4 Å². The zero-order chi connectivity index (χ0) is 21.8. The monoisotopic (exact) mass is 559 g/mol. The van der Waals surface area contributed by atoms with E-state index in [-0.39, 0.29) is 5.91 Å². The van der Waals surface area contributed by atoms with Crippen molar-refractivity contribution in [3.05, 3.63) is 96.7 Å². The Bertz CT molecular complexity index is 1200. The summed E-state index contributed by atoms with van der Waals surface area (Å²) in [5.41, 5.74) is 3.16. The van der Waals surface area contributed by atoms with Gasteiger partial charge in [-0.15, -0.1) is 11.3 Å². The molecule has 0 aliphatic heterocycles. The van der Waals surface area contributed by atoms with E-state index in [1.165, 1.54) is 11.3 Å². The van der Waals surface area contributed by atoms with Gasteiger partial charge in [0.1, 0.15) is 12.4 Å². The number of nitrogens with zero attached hydrogens (tertiary/aromatic N) is 2. The van der Waals surface area contributed by atoms with Gasteiger partial charge in [0.2, 0.25) is 0 Å². The van der Waals surface area contributed by atoms with Crippen molar-refractivity contribution >= 4 is 54.9 Å². The molecule has 4 rings (SSSR count). The molecule has 0 spiro atoms. The maximum Gasteiger partial charge on any atom is 0.266 e. The Balaban J connectivity index is 1.38. The normalized spacial score (nSPS) is 10.8. The third-order valence-corrected chi connectivity index (χ3v) is 6.66. The largest absolute Gasteiger partial charge is 0.489 e. The van der Waals surface area contributed by atoms with Crippen LogP contribution in [0.2, 0.25) is 0 Å². The zero-order valence-electron chi connectivity index (χ0n) is 16.6. The summed E-state index contributed by atoms with van der Waals surface area (Å²) in [7, 11) is 0. The topological polar surface area (TPSA) is 56.1 Å². The molecule has 0 saturated carbocycles. The number of carbonyl (C=O) groups is 1. The number of para-hydroxylation sites is 1. The van der Waals surface area contributed by atoms with Gasteiger partial charge >= 0.3 is 0 Å². The minimum Gasteiger partial charge on any atom is -0.489 e. The van der Waals surface area contributed by atoms with Crippen LogP contribution in [-0.2, 0) is 13.2 Å². The van der Waals surface area contributed by atoms with Crippen LogP contribution < -0.4 is 10.1 Å². The van der Waals surface area contributed by atoms with Crippen LogP contribution in [-0.4, -0.2) is 15.7 Å². The predicted octanol–water partition coefficient (Wildman–Crippen LogP) is 6.66. The number of carbonyl (C=O) groups excluding carboxylic acids is 1. The summed E-state index contributed by atoms with van der Waals surface area (Å²) in [6.45, 7) is 3.04. The minimum absolute atomic E-state index is 0.193. The summed E-state index contributed by atoms with van der Waals surface area (Å²) >= 11 is 8.31. The average molecular weight is 561 g/mol. The first kappa shape index (κ1) is 21.8. The van der Waals surface area contributed by atoms with Crippen LogP contribution in [0.5, 0.6) is 5.75 Å². The predicted molar refractivity (Wildman–Crippen MR) is 131 cm³/mol. The minimum atomic E-state index is -0.193. The molecule has 0 fully saturated rings. The summed E-state index contributed by atoms with van der Waals surface area (Å²) < 4.78 is 9.43. The van der Waals surface area contributed by atoms with Crippen LogP contribution >= 0.6 is 43.2 Å². The van der Waals surface area contributed by atoms with Gasteiger partial charge in [0.25, 0.3) is 5.91 Å². The molecule has 0 atom stereocenters. The van der Waals surface area contributed by atoms with Crippen LogP contribution in [0.15, 0.2) is 75.1 Å². The van der Waals surface area contributed by atoms with Crippen molar-refractivity contribution in [1.29, 1.82) is 0 Å². The van der Waals surface area contributed by atoms with Gasteiger partial charge in [-0.25, -0.2) is 0 Å². The molecule has 2 aromatic heterocycles. The maximum absolute atomic E-state index is 12.7. The van der Waals surface area contributed by atoms with Crippen LogP contribution in [0.25, 0.3) is 0 Å². The number of aromatic nitrogens is 2. The molecule has 1 amide bonds. The van der Waals surface area contributed by atoms with E-state index < -0.39 is 0 Å². The number of hydrogen-bond acceptors (Lipinski definition) is 4. The molecule has 0 unspecified atom stereocenters. The first-order valence-corrected chi connectivity index (χ1v) is 12.0. The second-order valence-corrected chi connectivity index (χ2v) is 9.66. The van der Waals surface area contributed by atoms with Crippen molar-refractivity contribution in [3.8, 4) is 5.75 Å². The number of halogens is 2. The van der Waals surface area contributed by atoms with Crippen molar-refractivity contribution in [2.75, 3.05) is 5.32 Å². The fraction of sp³-hybridized carbons (Fsp3) is 0.130. The molecule has 0 aliphatic carbocycles. The molecule has 4 aromatic rings. The van der Waals surface area contributed by atoms with Crippen LogP contribution in [0.1, 0.15) is 26.4 Å². The summed E-state index contributed by atoms with van der Waals surface area (Å²) in [5, 5.41) is 9.31. The van der Waals surface area contributed by atoms with Crippen molar-refractivity contribution in [1.82, 2.24) is 9.78 Å². The molecule has 0 bridgehead atoms. The number of benzene rings is 2. The summed E-state index contributed by atoms with van der Waals surface area (Å²) in [6, 6.07) is 17.8. The van der Waals surface area contributed by atoms with Crippen molar-refractivity contribution in [2.45, 2.75) is 20.1 Å². The molecule has 8 heteroatoms. The van der Waals surface area contributed by atoms with E-state index >= 15 is 0 Å². The van der Waals surface area contributed by atoms with E-state index in [1.807, 2.05) is 73.1 Å². The summed E-state index contributed by atoms with van der Waals surface area (Å²) in [4.78, 5) is 13.3. The number of ether oxygens (including phenoxy) is 1. The Morgan fingerprint density at radius 3 is 2.68 bits per heavy atom. The molecular formula is C23H19Br2N3O2S. The number of nitrogens with one attached hydrogen (secondary N) is 1. The van der Waals surface area contributed by atoms with Gasteiger partial charge in [0.05, 0.1) is 15.9 Å². The second kappa shape index (κ2) is 9.80. The zero-order valence-corrected chi connectivity index (χ0v) is 20.6. The molecule has 0 radical (unpaired) electrons. The Kier molecular flexibility index (Phi) is 6.89. The highest BCUT2D eigenvalue weighted by molar-refractivity contribution is 9.10. The van der Waals surface area contributed by atoms with Gasteiger partial charge in [0, 0.05) is 16.2 Å². The smallest absolute Gasteiger partial charge is 0.266 e. The van der Waals surface area contributed by atoms with Crippen LogP contribution in [0, 0.1) is 6.92 Å². The fourth-order valence-corrected chi connectivity index (χ4v) is 4.43. The first-order chi connectivity index (χ1) is 15.0. The number of thiophene rings is 1. The van der Waals surface area contributed by atoms with E-state index in [0.29, 0.717) is 23.8 Å². The van der Waals surface area contributed by atoms with Crippen molar-refractivity contribution in [2.24, 2.45) is 0 Å². The lowest BCUT2D eigenvalue weighted by Gasteiger charge is -2.07. The lowest BCUT2D eigenvalue weighted by Crippen LogP contribution is -2.11. The van der Waals surface area contributed by atoms with E-state index in [9.17, 15) is 4.79 Å². The van der Waals surface area contributed by atoms with Gasteiger partial charge in [-0.1, -0.05) is 46.3 Å². The SMILES string of the molecule is Cc1ccccc1OCc1csc(C(=O)Nc2nn(Cc3ccc(Br)cc3)cc2Br)c1. The van der Waals surface area contributed by atoms with Gasteiger partial charge < -0.3 is 10.1 Å². The number of rotatable bonds is 7. The molecule has 0 saturated heterocycles. The van der Waals surface area contributed by atoms with Crippen molar-refractivity contribution < 1.29 is 9.53 Å². The number of anilines is 1. The molecule has 158 valence electrons. The van der Waals surface area contributed by atoms with E-state index in [4.69, 9.17) is 4.74 Å². The van der Waals surface area contributed by atoms with Gasteiger partial charge in [-0.2, -0.15) is 5.10 Å². The fourth-order valence-electron chi connectivity index (χ4n) is 2.96. The highest BCUT2D eigenvalue weighted by atomic mass is 79.9. The van der Waals surface area contributed by atoms with Gasteiger partial charge in [-0.05, 0) is 63.6 Å². The molecule has 5 nitrogen and oxygen atoms in total. The maximum atomic E-state index is 12.7. The quantitative estimate of drug-likeness (QED) is 0.275. The Morgan fingerprint density at radius 2 is 1.90 bits per heavy atom. The number of hydrogen-bond donors (Lipinski definition) is 1. The van der Waals surface area contributed by atoms with E-state index in [2.05, 4.69) is 42.3 Å². The highest BCUT2D eigenvalue weighted by Crippen LogP contribution is 2.24. The standard InChI is InChI=1S/C23H19Br2N3O2S/c1-15-4-2-3-5-20(15)30-13-17-10-21(31-14-17)23(29)26-22-19(25)12-28(27-22)11-16-6-8-18(24)9-7-16/h2-10,12,14H,11,13H2,1H3,(H,26,27,29). The second-order valence-electron chi connectivity index (χ2n) is 6.98. The first-order valence-electron chi connectivity index (χ1n) is 9.52. The Hall–Kier alpha value is -2.42. The Labute approximate surface area is 201 Å². The van der Waals surface area contributed by atoms with E-state index in [1.54, 1.807) is 4.68 Å². The molecule has 31 heavy (non-hydrogen) atoms. The Morgan fingerprint density at radius 1 is 1.13 bits per heavy atom. The van der Waals surface area contributed by atoms with Gasteiger partial charge in [0.15, 0.2) is 5.82 Å². The molecule has 1 N–H and O–H groups in total. The lowest BCUT2D eigenvalue weighted by molar-refractivity contribution is 0.103. The van der Waals surface area contributed by atoms with Crippen LogP contribution in [0.3, 0.4) is 0 Å². The molecule has 2 aromatic carbocycles. The van der Waals surface area contributed by atoms with Crippen molar-refractivity contribution in [3.63, 3.8) is 0 Å². The lowest BCUT2D eigenvalue weighted by atomic mass is 10.2. The summed E-state index contributed by atoms with van der Waals surface area (Å²) in [6.07, 6.45) is 1.85. The molecule has 2 heterocycles. The third kappa shape index (κ3) is 5.64. The molecular weight excluding hydrogens is 542 g/mol. The number of amides is 1. The number of aryl methyl sites for hydroxylation is 1. The van der Waals surface area contributed by atoms with Crippen LogP contribution in [0.4, 0.5) is 5.82 Å². The highest BCUT2D eigenvalue weighted by Gasteiger charge is 2.14. The average Bonchev–Trinajstić information content (AvgIpc) is 3.36. The summed E-state index contributed by atoms with van der Waals surface area (Å²) in [5.74, 6) is 1.15. The molecule has 0 aliphatic rings.